The maximum absolute atomic E-state index is 13.4. The van der Waals surface area contributed by atoms with Crippen molar-refractivity contribution < 1.29 is 9.59 Å². The lowest BCUT2D eigenvalue weighted by atomic mass is 10.1. The Labute approximate surface area is 184 Å². The van der Waals surface area contributed by atoms with Gasteiger partial charge in [0, 0.05) is 24.5 Å². The SMILES string of the molecule is CCCCCCCCN1C(=O)C(c2cccs2)=C(N(CC)Cc2ccccc2)C1=O. The predicted octanol–water partition coefficient (Wildman–Crippen LogP) is 5.71. The van der Waals surface area contributed by atoms with E-state index in [1.54, 1.807) is 0 Å². The summed E-state index contributed by atoms with van der Waals surface area (Å²) in [5.74, 6) is -0.285. The third kappa shape index (κ3) is 5.20. The Hall–Kier alpha value is -2.40. The smallest absolute Gasteiger partial charge is 0.277 e. The summed E-state index contributed by atoms with van der Waals surface area (Å²) in [6.07, 6.45) is 6.79. The first kappa shape index (κ1) is 22.3. The van der Waals surface area contributed by atoms with Crippen molar-refractivity contribution in [1.82, 2.24) is 9.80 Å². The van der Waals surface area contributed by atoms with Gasteiger partial charge in [0.25, 0.3) is 11.8 Å². The second kappa shape index (κ2) is 11.1. The summed E-state index contributed by atoms with van der Waals surface area (Å²) >= 11 is 1.52. The van der Waals surface area contributed by atoms with Crippen molar-refractivity contribution in [2.24, 2.45) is 0 Å². The van der Waals surface area contributed by atoms with E-state index in [-0.39, 0.29) is 11.8 Å². The van der Waals surface area contributed by atoms with Gasteiger partial charge >= 0.3 is 0 Å². The zero-order valence-corrected chi connectivity index (χ0v) is 18.9. The zero-order valence-electron chi connectivity index (χ0n) is 18.1. The minimum Gasteiger partial charge on any atom is -0.362 e. The molecular formula is C25H32N2O2S. The summed E-state index contributed by atoms with van der Waals surface area (Å²) in [5.41, 5.74) is 2.26. The number of likely N-dealkylation sites (N-methyl/N-ethyl adjacent to an activating group) is 1. The topological polar surface area (TPSA) is 40.6 Å². The molecule has 0 fully saturated rings. The second-order valence-corrected chi connectivity index (χ2v) is 8.68. The van der Waals surface area contributed by atoms with Crippen molar-refractivity contribution in [3.8, 4) is 0 Å². The molecular weight excluding hydrogens is 392 g/mol. The van der Waals surface area contributed by atoms with Gasteiger partial charge in [0.2, 0.25) is 0 Å². The highest BCUT2D eigenvalue weighted by molar-refractivity contribution is 7.11. The molecule has 0 unspecified atom stereocenters. The Kier molecular flexibility index (Phi) is 8.26. The first-order valence-corrected chi connectivity index (χ1v) is 12.0. The monoisotopic (exact) mass is 424 g/mol. The lowest BCUT2D eigenvalue weighted by molar-refractivity contribution is -0.137. The van der Waals surface area contributed by atoms with E-state index in [0.717, 1.165) is 29.7 Å². The quantitative estimate of drug-likeness (QED) is 0.324. The van der Waals surface area contributed by atoms with Crippen LogP contribution in [0.5, 0.6) is 0 Å². The summed E-state index contributed by atoms with van der Waals surface area (Å²) in [6, 6.07) is 14.0. The number of unbranched alkanes of at least 4 members (excludes halogenated alkanes) is 5. The molecule has 2 aromatic rings. The minimum absolute atomic E-state index is 0.141. The van der Waals surface area contributed by atoms with Crippen LogP contribution in [0, 0.1) is 0 Å². The number of carbonyl (C=O) groups is 2. The molecule has 5 heteroatoms. The largest absolute Gasteiger partial charge is 0.362 e. The summed E-state index contributed by atoms with van der Waals surface area (Å²) in [5, 5.41) is 1.96. The van der Waals surface area contributed by atoms with E-state index in [1.165, 1.54) is 35.5 Å². The van der Waals surface area contributed by atoms with Crippen molar-refractivity contribution in [2.45, 2.75) is 58.9 Å². The van der Waals surface area contributed by atoms with Gasteiger partial charge in [-0.15, -0.1) is 11.3 Å². The van der Waals surface area contributed by atoms with Crippen molar-refractivity contribution in [2.75, 3.05) is 13.1 Å². The maximum Gasteiger partial charge on any atom is 0.277 e. The maximum atomic E-state index is 13.4. The van der Waals surface area contributed by atoms with Crippen LogP contribution in [0.25, 0.3) is 5.57 Å². The molecule has 2 amide bonds. The van der Waals surface area contributed by atoms with Gasteiger partial charge in [0.1, 0.15) is 5.70 Å². The van der Waals surface area contributed by atoms with Crippen LogP contribution in [0.3, 0.4) is 0 Å². The third-order valence-electron chi connectivity index (χ3n) is 5.56. The third-order valence-corrected chi connectivity index (χ3v) is 6.45. The Balaban J connectivity index is 1.80. The Morgan fingerprint density at radius 1 is 0.867 bits per heavy atom. The average Bonchev–Trinajstić information content (AvgIpc) is 3.37. The Morgan fingerprint density at radius 2 is 1.60 bits per heavy atom. The predicted molar refractivity (Wildman–Crippen MR) is 124 cm³/mol. The molecule has 0 saturated carbocycles. The number of imide groups is 1. The van der Waals surface area contributed by atoms with E-state index in [1.807, 2.05) is 47.5 Å². The summed E-state index contributed by atoms with van der Waals surface area (Å²) in [6.45, 7) is 6.03. The molecule has 4 nitrogen and oxygen atoms in total. The molecule has 1 aliphatic rings. The molecule has 3 rings (SSSR count). The molecule has 160 valence electrons. The van der Waals surface area contributed by atoms with Gasteiger partial charge in [-0.1, -0.05) is 75.4 Å². The van der Waals surface area contributed by atoms with Crippen molar-refractivity contribution >= 4 is 28.7 Å². The van der Waals surface area contributed by atoms with E-state index in [9.17, 15) is 9.59 Å². The fraction of sp³-hybridized carbons (Fsp3) is 0.440. The van der Waals surface area contributed by atoms with E-state index in [0.29, 0.717) is 30.9 Å². The second-order valence-electron chi connectivity index (χ2n) is 7.73. The fourth-order valence-corrected chi connectivity index (χ4v) is 4.67. The number of amides is 2. The lowest BCUT2D eigenvalue weighted by Gasteiger charge is -2.24. The van der Waals surface area contributed by atoms with Gasteiger partial charge in [-0.25, -0.2) is 0 Å². The number of carbonyl (C=O) groups excluding carboxylic acids is 2. The Bertz CT molecular complexity index is 859. The molecule has 0 N–H and O–H groups in total. The molecule has 1 aromatic heterocycles. The van der Waals surface area contributed by atoms with Gasteiger partial charge in [-0.05, 0) is 30.4 Å². The molecule has 1 aromatic carbocycles. The van der Waals surface area contributed by atoms with Crippen LogP contribution < -0.4 is 0 Å². The molecule has 0 saturated heterocycles. The minimum atomic E-state index is -0.144. The molecule has 30 heavy (non-hydrogen) atoms. The van der Waals surface area contributed by atoms with Crippen LogP contribution in [0.2, 0.25) is 0 Å². The number of hydrogen-bond donors (Lipinski definition) is 0. The number of hydrogen-bond acceptors (Lipinski definition) is 4. The zero-order chi connectivity index (χ0) is 21.3. The van der Waals surface area contributed by atoms with E-state index in [4.69, 9.17) is 0 Å². The first-order valence-electron chi connectivity index (χ1n) is 11.1. The molecule has 0 bridgehead atoms. The Morgan fingerprint density at radius 3 is 2.27 bits per heavy atom. The molecule has 0 spiro atoms. The lowest BCUT2D eigenvalue weighted by Crippen LogP contribution is -2.35. The molecule has 0 atom stereocenters. The molecule has 0 aliphatic carbocycles. The highest BCUT2D eigenvalue weighted by atomic mass is 32.1. The highest BCUT2D eigenvalue weighted by Gasteiger charge is 2.41. The van der Waals surface area contributed by atoms with Crippen LogP contribution in [-0.2, 0) is 16.1 Å². The van der Waals surface area contributed by atoms with Gasteiger partial charge in [0.15, 0.2) is 0 Å². The molecule has 1 aliphatic heterocycles. The number of thiophene rings is 1. The fourth-order valence-electron chi connectivity index (χ4n) is 3.91. The van der Waals surface area contributed by atoms with Gasteiger partial charge in [0.05, 0.1) is 5.57 Å². The van der Waals surface area contributed by atoms with Gasteiger partial charge < -0.3 is 4.90 Å². The van der Waals surface area contributed by atoms with Crippen LogP contribution in [0.4, 0.5) is 0 Å². The van der Waals surface area contributed by atoms with Crippen LogP contribution in [-0.4, -0.2) is 34.7 Å². The van der Waals surface area contributed by atoms with Crippen molar-refractivity contribution in [1.29, 1.82) is 0 Å². The van der Waals surface area contributed by atoms with Crippen LogP contribution in [0.15, 0.2) is 53.5 Å². The summed E-state index contributed by atoms with van der Waals surface area (Å²) in [7, 11) is 0. The summed E-state index contributed by atoms with van der Waals surface area (Å²) in [4.78, 5) is 31.1. The summed E-state index contributed by atoms with van der Waals surface area (Å²) < 4.78 is 0. The number of nitrogens with zero attached hydrogens (tertiary/aromatic N) is 2. The average molecular weight is 425 g/mol. The van der Waals surface area contributed by atoms with Gasteiger partial charge in [-0.2, -0.15) is 0 Å². The van der Waals surface area contributed by atoms with Crippen molar-refractivity contribution in [3.63, 3.8) is 0 Å². The van der Waals surface area contributed by atoms with Gasteiger partial charge in [-0.3, -0.25) is 14.5 Å². The number of benzene rings is 1. The number of rotatable bonds is 12. The first-order chi connectivity index (χ1) is 14.7. The van der Waals surface area contributed by atoms with Crippen LogP contribution in [0.1, 0.15) is 62.8 Å². The highest BCUT2D eigenvalue weighted by Crippen LogP contribution is 2.34. The van der Waals surface area contributed by atoms with E-state index < -0.39 is 0 Å². The van der Waals surface area contributed by atoms with Crippen LogP contribution >= 0.6 is 11.3 Å². The molecule has 0 radical (unpaired) electrons. The molecule has 2 heterocycles. The van der Waals surface area contributed by atoms with E-state index in [2.05, 4.69) is 19.1 Å². The van der Waals surface area contributed by atoms with Crippen molar-refractivity contribution in [3.05, 3.63) is 64.0 Å². The van der Waals surface area contributed by atoms with E-state index >= 15 is 0 Å². The normalized spacial score (nSPS) is 14.1. The standard InChI is InChI=1S/C25H32N2O2S/c1-3-5-6-7-8-12-17-27-24(28)22(21-16-13-18-30-21)23(25(27)29)26(4-2)19-20-14-10-9-11-15-20/h9-11,13-16,18H,3-8,12,17,19H2,1-2H3.